The van der Waals surface area contributed by atoms with E-state index in [1.807, 2.05) is 0 Å². The molecule has 0 bridgehead atoms. The summed E-state index contributed by atoms with van der Waals surface area (Å²) in [6.07, 6.45) is 2.64. The molecule has 0 aromatic rings. The zero-order valence-corrected chi connectivity index (χ0v) is 9.94. The fourth-order valence-electron chi connectivity index (χ4n) is 1.36. The molecule has 17 heavy (non-hydrogen) atoms. The summed E-state index contributed by atoms with van der Waals surface area (Å²) in [5.41, 5.74) is -0.0405. The quantitative estimate of drug-likeness (QED) is 0.617. The molecule has 0 aliphatic carbocycles. The summed E-state index contributed by atoms with van der Waals surface area (Å²) in [4.78, 5) is 31.5. The van der Waals surface area contributed by atoms with Crippen molar-refractivity contribution in [3.05, 3.63) is 11.6 Å². The highest BCUT2D eigenvalue weighted by Crippen LogP contribution is 2.17. The summed E-state index contributed by atoms with van der Waals surface area (Å²) in [7, 11) is 0. The van der Waals surface area contributed by atoms with Crippen LogP contribution in [0.2, 0.25) is 0 Å². The predicted molar refractivity (Wildman–Crippen MR) is 63.5 cm³/mol. The average molecular weight is 234 g/mol. The molecule has 6 nitrogen and oxygen atoms in total. The number of nitrogens with one attached hydrogen (secondary N) is 2. The number of amides is 2. The minimum absolute atomic E-state index is 0.163. The fraction of sp³-hybridized carbons (Fsp3) is 0.455. The molecule has 1 unspecified atom stereocenters. The summed E-state index contributed by atoms with van der Waals surface area (Å²) in [6.45, 7) is 5.35. The van der Waals surface area contributed by atoms with Gasteiger partial charge in [-0.1, -0.05) is 20.8 Å². The van der Waals surface area contributed by atoms with Gasteiger partial charge in [-0.15, -0.1) is 0 Å². The number of allylic oxidation sites excluding steroid dienone is 1. The molecule has 0 spiro atoms. The molecular weight excluding hydrogens is 220 g/mol. The third-order valence-corrected chi connectivity index (χ3v) is 2.42. The van der Waals surface area contributed by atoms with Gasteiger partial charge in [0.15, 0.2) is 6.17 Å². The second-order valence-electron chi connectivity index (χ2n) is 4.93. The highest BCUT2D eigenvalue weighted by molar-refractivity contribution is 6.14. The van der Waals surface area contributed by atoms with Crippen molar-refractivity contribution >= 4 is 24.0 Å². The van der Waals surface area contributed by atoms with Crippen LogP contribution in [0.4, 0.5) is 0 Å². The SMILES string of the molecule is CC(C)(C)C(=O)NC1=NC2N=CC=C2C(=O)N1. The van der Waals surface area contributed by atoms with Crippen LogP contribution in [0.25, 0.3) is 0 Å². The fourth-order valence-corrected chi connectivity index (χ4v) is 1.36. The van der Waals surface area contributed by atoms with Crippen LogP contribution < -0.4 is 10.6 Å². The standard InChI is InChI=1S/C11H14N4O2/c1-11(2,3)9(17)15-10-13-7-6(4-5-12-7)8(16)14-10/h4-5,7H,1-3H3,(H2,13,14,15,16,17). The first-order chi connectivity index (χ1) is 7.88. The lowest BCUT2D eigenvalue weighted by Crippen LogP contribution is -2.51. The van der Waals surface area contributed by atoms with Crippen LogP contribution >= 0.6 is 0 Å². The Bertz CT molecular complexity index is 468. The number of rotatable bonds is 0. The summed E-state index contributed by atoms with van der Waals surface area (Å²) in [6, 6.07) is 0. The van der Waals surface area contributed by atoms with Crippen molar-refractivity contribution in [2.45, 2.75) is 26.9 Å². The molecule has 2 aliphatic rings. The van der Waals surface area contributed by atoms with Crippen LogP contribution in [0.1, 0.15) is 20.8 Å². The third kappa shape index (κ3) is 2.25. The number of hydrogen-bond donors (Lipinski definition) is 2. The summed E-state index contributed by atoms with van der Waals surface area (Å²) >= 11 is 0. The van der Waals surface area contributed by atoms with Gasteiger partial charge in [0.2, 0.25) is 11.9 Å². The first-order valence-corrected chi connectivity index (χ1v) is 5.32. The van der Waals surface area contributed by atoms with Crippen LogP contribution in [-0.2, 0) is 9.59 Å². The number of nitrogens with zero attached hydrogens (tertiary/aromatic N) is 2. The van der Waals surface area contributed by atoms with E-state index in [9.17, 15) is 9.59 Å². The van der Waals surface area contributed by atoms with E-state index in [-0.39, 0.29) is 17.8 Å². The zero-order chi connectivity index (χ0) is 12.6. The van der Waals surface area contributed by atoms with Crippen molar-refractivity contribution in [2.75, 3.05) is 0 Å². The van der Waals surface area contributed by atoms with Gasteiger partial charge in [0.1, 0.15) is 0 Å². The molecular formula is C11H14N4O2. The maximum atomic E-state index is 11.7. The second-order valence-corrected chi connectivity index (χ2v) is 4.93. The molecule has 0 aromatic carbocycles. The lowest BCUT2D eigenvalue weighted by atomic mass is 9.96. The highest BCUT2D eigenvalue weighted by atomic mass is 16.2. The maximum absolute atomic E-state index is 11.7. The van der Waals surface area contributed by atoms with Crippen LogP contribution in [-0.4, -0.2) is 30.2 Å². The van der Waals surface area contributed by atoms with Crippen molar-refractivity contribution in [3.63, 3.8) is 0 Å². The first-order valence-electron chi connectivity index (χ1n) is 5.32. The Morgan fingerprint density at radius 1 is 1.47 bits per heavy atom. The van der Waals surface area contributed by atoms with Crippen LogP contribution in [0.3, 0.4) is 0 Å². The van der Waals surface area contributed by atoms with Gasteiger partial charge in [0, 0.05) is 11.6 Å². The summed E-state index contributed by atoms with van der Waals surface area (Å²) in [5.74, 6) is -0.311. The largest absolute Gasteiger partial charge is 0.296 e. The molecule has 2 heterocycles. The highest BCUT2D eigenvalue weighted by Gasteiger charge is 2.30. The maximum Gasteiger partial charge on any atom is 0.258 e. The zero-order valence-electron chi connectivity index (χ0n) is 9.94. The molecule has 0 aromatic heterocycles. The van der Waals surface area contributed by atoms with Gasteiger partial charge in [-0.05, 0) is 6.08 Å². The Balaban J connectivity index is 2.14. The van der Waals surface area contributed by atoms with Gasteiger partial charge in [0.25, 0.3) is 5.91 Å². The third-order valence-electron chi connectivity index (χ3n) is 2.42. The smallest absolute Gasteiger partial charge is 0.258 e. The molecule has 90 valence electrons. The molecule has 6 heteroatoms. The van der Waals surface area contributed by atoms with Gasteiger partial charge >= 0.3 is 0 Å². The molecule has 2 aliphatic heterocycles. The first kappa shape index (κ1) is 11.5. The van der Waals surface area contributed by atoms with E-state index in [0.717, 1.165) is 0 Å². The van der Waals surface area contributed by atoms with E-state index >= 15 is 0 Å². The monoisotopic (exact) mass is 234 g/mol. The number of carbonyl (C=O) groups is 2. The van der Waals surface area contributed by atoms with E-state index in [2.05, 4.69) is 20.6 Å². The Kier molecular flexibility index (Phi) is 2.57. The molecule has 0 radical (unpaired) electrons. The lowest BCUT2D eigenvalue weighted by molar-refractivity contribution is -0.127. The Morgan fingerprint density at radius 2 is 2.18 bits per heavy atom. The van der Waals surface area contributed by atoms with E-state index in [0.29, 0.717) is 5.57 Å². The number of carbonyl (C=O) groups excluding carboxylic acids is 2. The molecule has 0 fully saturated rings. The van der Waals surface area contributed by atoms with E-state index in [1.54, 1.807) is 26.8 Å². The van der Waals surface area contributed by atoms with Crippen molar-refractivity contribution in [3.8, 4) is 0 Å². The summed E-state index contributed by atoms with van der Waals surface area (Å²) in [5, 5.41) is 5.10. The Morgan fingerprint density at radius 3 is 2.82 bits per heavy atom. The minimum atomic E-state index is -0.539. The topological polar surface area (TPSA) is 82.9 Å². The number of hydrogen-bond acceptors (Lipinski definition) is 4. The lowest BCUT2D eigenvalue weighted by Gasteiger charge is -2.22. The number of guanidine groups is 1. The summed E-state index contributed by atoms with van der Waals surface area (Å²) < 4.78 is 0. The van der Waals surface area contributed by atoms with E-state index in [1.165, 1.54) is 6.21 Å². The van der Waals surface area contributed by atoms with Gasteiger partial charge < -0.3 is 0 Å². The van der Waals surface area contributed by atoms with E-state index < -0.39 is 11.6 Å². The molecule has 2 rings (SSSR count). The predicted octanol–water partition coefficient (Wildman–Crippen LogP) is -0.0286. The van der Waals surface area contributed by atoms with Crippen molar-refractivity contribution in [1.29, 1.82) is 0 Å². The van der Waals surface area contributed by atoms with Gasteiger partial charge in [-0.25, -0.2) is 4.99 Å². The Labute approximate surface area is 98.9 Å². The Hall–Kier alpha value is -1.98. The number of aliphatic imine (C=N–C) groups is 2. The molecule has 0 saturated carbocycles. The second kappa shape index (κ2) is 3.80. The van der Waals surface area contributed by atoms with Crippen LogP contribution in [0, 0.1) is 5.41 Å². The van der Waals surface area contributed by atoms with Gasteiger partial charge in [-0.2, -0.15) is 0 Å². The van der Waals surface area contributed by atoms with Crippen LogP contribution in [0.15, 0.2) is 21.6 Å². The van der Waals surface area contributed by atoms with Crippen molar-refractivity contribution < 1.29 is 9.59 Å². The van der Waals surface area contributed by atoms with Crippen molar-refractivity contribution in [1.82, 2.24) is 10.6 Å². The molecule has 2 N–H and O–H groups in total. The number of fused-ring (bicyclic) bond motifs is 1. The van der Waals surface area contributed by atoms with Crippen molar-refractivity contribution in [2.24, 2.45) is 15.4 Å². The molecule has 1 atom stereocenters. The van der Waals surface area contributed by atoms with Crippen LogP contribution in [0.5, 0.6) is 0 Å². The average Bonchev–Trinajstić information content (AvgIpc) is 2.64. The normalized spacial score (nSPS) is 22.5. The van der Waals surface area contributed by atoms with E-state index in [4.69, 9.17) is 0 Å². The molecule has 0 saturated heterocycles. The minimum Gasteiger partial charge on any atom is -0.296 e. The van der Waals surface area contributed by atoms with Gasteiger partial charge in [0.05, 0.1) is 5.57 Å². The van der Waals surface area contributed by atoms with Gasteiger partial charge in [-0.3, -0.25) is 25.2 Å². The molecule has 2 amide bonds.